The van der Waals surface area contributed by atoms with Crippen molar-refractivity contribution in [2.24, 2.45) is 0 Å². The Kier molecular flexibility index (Phi) is 2.67. The summed E-state index contributed by atoms with van der Waals surface area (Å²) in [4.78, 5) is 14.0. The van der Waals surface area contributed by atoms with Crippen molar-refractivity contribution in [3.05, 3.63) is 52.1 Å². The van der Waals surface area contributed by atoms with Crippen LogP contribution < -0.4 is 11.3 Å². The smallest absolute Gasteiger partial charge is 0.263 e. The van der Waals surface area contributed by atoms with Gasteiger partial charge in [-0.3, -0.25) is 9.78 Å². The Labute approximate surface area is 112 Å². The number of hydrogen-bond acceptors (Lipinski definition) is 4. The van der Waals surface area contributed by atoms with Crippen molar-refractivity contribution in [2.75, 3.05) is 5.73 Å². The minimum Gasteiger partial charge on any atom is -0.494 e. The van der Waals surface area contributed by atoms with Gasteiger partial charge in [-0.1, -0.05) is 18.2 Å². The molecule has 3 aromatic rings. The summed E-state index contributed by atoms with van der Waals surface area (Å²) in [7, 11) is 0. The van der Waals surface area contributed by atoms with Gasteiger partial charge >= 0.3 is 0 Å². The van der Waals surface area contributed by atoms with Crippen molar-refractivity contribution in [1.82, 2.24) is 14.8 Å². The van der Waals surface area contributed by atoms with Gasteiger partial charge in [0.1, 0.15) is 22.5 Å². The molecule has 0 aliphatic heterocycles. The van der Waals surface area contributed by atoms with Crippen LogP contribution in [0.4, 0.5) is 10.2 Å². The van der Waals surface area contributed by atoms with E-state index in [1.54, 1.807) is 18.2 Å². The van der Waals surface area contributed by atoms with E-state index in [-0.39, 0.29) is 35.0 Å². The maximum absolute atomic E-state index is 13.6. The Balaban J connectivity index is 2.14. The standard InChI is InChI=1S/C13H11FN4O2/c14-8-4-2-1-3-7(8)6-18-12(15)11-9(17-18)5-10(19)16-13(11)20/h1-5,19H,6,15H2,(H,16,20). The van der Waals surface area contributed by atoms with Crippen LogP contribution in [0.1, 0.15) is 5.56 Å². The van der Waals surface area contributed by atoms with Gasteiger partial charge < -0.3 is 10.8 Å². The Morgan fingerprint density at radius 3 is 2.90 bits per heavy atom. The van der Waals surface area contributed by atoms with Gasteiger partial charge in [-0.25, -0.2) is 9.07 Å². The molecular weight excluding hydrogens is 263 g/mol. The first-order chi connectivity index (χ1) is 9.56. The molecule has 2 heterocycles. The monoisotopic (exact) mass is 274 g/mol. The average Bonchev–Trinajstić information content (AvgIpc) is 2.69. The molecular formula is C13H11FN4O2. The third-order valence-electron chi connectivity index (χ3n) is 3.04. The fourth-order valence-electron chi connectivity index (χ4n) is 2.08. The molecule has 3 rings (SSSR count). The average molecular weight is 274 g/mol. The Hall–Kier alpha value is -2.83. The highest BCUT2D eigenvalue weighted by molar-refractivity contribution is 5.88. The molecule has 0 saturated carbocycles. The van der Waals surface area contributed by atoms with Gasteiger partial charge in [0.05, 0.1) is 6.54 Å². The summed E-state index contributed by atoms with van der Waals surface area (Å²) in [5, 5.41) is 13.6. The summed E-state index contributed by atoms with van der Waals surface area (Å²) in [6.45, 7) is 0.105. The van der Waals surface area contributed by atoms with Crippen LogP contribution in [0, 0.1) is 5.82 Å². The Morgan fingerprint density at radius 2 is 2.15 bits per heavy atom. The van der Waals surface area contributed by atoms with E-state index in [0.717, 1.165) is 0 Å². The first-order valence-electron chi connectivity index (χ1n) is 5.88. The van der Waals surface area contributed by atoms with E-state index < -0.39 is 5.56 Å². The zero-order chi connectivity index (χ0) is 14.3. The fourth-order valence-corrected chi connectivity index (χ4v) is 2.08. The second kappa shape index (κ2) is 4.37. The number of aromatic hydroxyl groups is 1. The van der Waals surface area contributed by atoms with Gasteiger partial charge in [-0.15, -0.1) is 0 Å². The number of pyridine rings is 1. The molecule has 0 aliphatic rings. The van der Waals surface area contributed by atoms with Crippen molar-refractivity contribution in [1.29, 1.82) is 0 Å². The van der Waals surface area contributed by atoms with Gasteiger partial charge in [0.2, 0.25) is 0 Å². The molecule has 102 valence electrons. The van der Waals surface area contributed by atoms with E-state index in [0.29, 0.717) is 5.56 Å². The lowest BCUT2D eigenvalue weighted by molar-refractivity contribution is 0.453. The van der Waals surface area contributed by atoms with Crippen LogP contribution in [0.15, 0.2) is 35.1 Å². The molecule has 0 bridgehead atoms. The molecule has 0 radical (unpaired) electrons. The topological polar surface area (TPSA) is 96.9 Å². The minimum atomic E-state index is -0.530. The second-order valence-corrected chi connectivity index (χ2v) is 4.38. The molecule has 6 nitrogen and oxygen atoms in total. The van der Waals surface area contributed by atoms with Crippen molar-refractivity contribution in [3.8, 4) is 5.88 Å². The third-order valence-corrected chi connectivity index (χ3v) is 3.04. The molecule has 0 fully saturated rings. The molecule has 0 spiro atoms. The number of nitrogens with two attached hydrogens (primary N) is 1. The van der Waals surface area contributed by atoms with Crippen LogP contribution in [-0.2, 0) is 6.54 Å². The second-order valence-electron chi connectivity index (χ2n) is 4.38. The fraction of sp³-hybridized carbons (Fsp3) is 0.0769. The van der Waals surface area contributed by atoms with Gasteiger partial charge in [-0.2, -0.15) is 5.10 Å². The number of nitrogens with zero attached hydrogens (tertiary/aromatic N) is 2. The van der Waals surface area contributed by atoms with Crippen LogP contribution in [0.5, 0.6) is 5.88 Å². The van der Waals surface area contributed by atoms with Gasteiger partial charge in [0.25, 0.3) is 5.56 Å². The lowest BCUT2D eigenvalue weighted by Gasteiger charge is -2.04. The molecule has 0 saturated heterocycles. The molecule has 0 atom stereocenters. The Morgan fingerprint density at radius 1 is 1.40 bits per heavy atom. The van der Waals surface area contributed by atoms with E-state index >= 15 is 0 Å². The number of aromatic amines is 1. The van der Waals surface area contributed by atoms with E-state index in [9.17, 15) is 14.3 Å². The number of fused-ring (bicyclic) bond motifs is 1. The molecule has 2 aromatic heterocycles. The molecule has 1 aromatic carbocycles. The molecule has 20 heavy (non-hydrogen) atoms. The highest BCUT2D eigenvalue weighted by atomic mass is 19.1. The van der Waals surface area contributed by atoms with Gasteiger partial charge in [0.15, 0.2) is 5.88 Å². The summed E-state index contributed by atoms with van der Waals surface area (Å²) < 4.78 is 14.9. The summed E-state index contributed by atoms with van der Waals surface area (Å²) in [6, 6.07) is 7.54. The first kappa shape index (κ1) is 12.2. The SMILES string of the molecule is Nc1c2c(=O)[nH]c(O)cc2nn1Cc1ccccc1F. The summed E-state index contributed by atoms with van der Waals surface area (Å²) in [6.07, 6.45) is 0. The number of benzene rings is 1. The van der Waals surface area contributed by atoms with Crippen LogP contribution >= 0.6 is 0 Å². The highest BCUT2D eigenvalue weighted by Crippen LogP contribution is 2.20. The van der Waals surface area contributed by atoms with Crippen molar-refractivity contribution >= 4 is 16.7 Å². The van der Waals surface area contributed by atoms with E-state index in [4.69, 9.17) is 5.73 Å². The number of aromatic nitrogens is 3. The molecule has 0 unspecified atom stereocenters. The predicted molar refractivity (Wildman–Crippen MR) is 71.9 cm³/mol. The van der Waals surface area contributed by atoms with E-state index in [1.807, 2.05) is 0 Å². The number of nitrogens with one attached hydrogen (secondary N) is 1. The normalized spacial score (nSPS) is 11.1. The van der Waals surface area contributed by atoms with Crippen LogP contribution in [-0.4, -0.2) is 19.9 Å². The highest BCUT2D eigenvalue weighted by Gasteiger charge is 2.14. The summed E-state index contributed by atoms with van der Waals surface area (Å²) in [5.74, 6) is -0.536. The third kappa shape index (κ3) is 1.89. The number of anilines is 1. The summed E-state index contributed by atoms with van der Waals surface area (Å²) >= 11 is 0. The van der Waals surface area contributed by atoms with Crippen LogP contribution in [0.25, 0.3) is 10.9 Å². The van der Waals surface area contributed by atoms with E-state index in [1.165, 1.54) is 16.8 Å². The quantitative estimate of drug-likeness (QED) is 0.654. The van der Waals surface area contributed by atoms with Crippen LogP contribution in [0.3, 0.4) is 0 Å². The molecule has 0 aliphatic carbocycles. The number of hydrogen-bond donors (Lipinski definition) is 3. The zero-order valence-electron chi connectivity index (χ0n) is 10.3. The number of H-pyrrole nitrogens is 1. The predicted octanol–water partition coefficient (Wildman–Crippen LogP) is 1.20. The van der Waals surface area contributed by atoms with Crippen molar-refractivity contribution < 1.29 is 9.50 Å². The zero-order valence-corrected chi connectivity index (χ0v) is 10.3. The first-order valence-corrected chi connectivity index (χ1v) is 5.88. The van der Waals surface area contributed by atoms with Gasteiger partial charge in [0, 0.05) is 11.6 Å². The Bertz CT molecular complexity index is 853. The van der Waals surface area contributed by atoms with Crippen LogP contribution in [0.2, 0.25) is 0 Å². The molecule has 7 heteroatoms. The number of rotatable bonds is 2. The lowest BCUT2D eigenvalue weighted by atomic mass is 10.2. The number of nitrogen functional groups attached to an aromatic ring is 1. The van der Waals surface area contributed by atoms with E-state index in [2.05, 4.69) is 10.1 Å². The minimum absolute atomic E-state index is 0.105. The molecule has 0 amide bonds. The van der Waals surface area contributed by atoms with Gasteiger partial charge in [-0.05, 0) is 6.07 Å². The molecule has 4 N–H and O–H groups in total. The van der Waals surface area contributed by atoms with Crippen molar-refractivity contribution in [3.63, 3.8) is 0 Å². The largest absolute Gasteiger partial charge is 0.494 e. The number of halogens is 1. The lowest BCUT2D eigenvalue weighted by Crippen LogP contribution is -2.09. The maximum atomic E-state index is 13.6. The maximum Gasteiger partial charge on any atom is 0.263 e. The summed E-state index contributed by atoms with van der Waals surface area (Å²) in [5.41, 5.74) is 6.01. The van der Waals surface area contributed by atoms with Crippen molar-refractivity contribution in [2.45, 2.75) is 6.54 Å².